The quantitative estimate of drug-likeness (QED) is 0.911. The zero-order valence-electron chi connectivity index (χ0n) is 12.2. The predicted octanol–water partition coefficient (Wildman–Crippen LogP) is 3.86. The Balaban J connectivity index is 2.09. The van der Waals surface area contributed by atoms with E-state index in [0.717, 1.165) is 24.5 Å². The number of rotatable bonds is 3. The number of hydrogen-bond donors (Lipinski definition) is 1. The molecule has 2 rings (SSSR count). The summed E-state index contributed by atoms with van der Waals surface area (Å²) >= 11 is 6.43. The Labute approximate surface area is 121 Å². The van der Waals surface area contributed by atoms with Gasteiger partial charge in [-0.2, -0.15) is 0 Å². The molecule has 1 aromatic rings. The van der Waals surface area contributed by atoms with Gasteiger partial charge in [0.1, 0.15) is 0 Å². The van der Waals surface area contributed by atoms with Gasteiger partial charge in [-0.3, -0.25) is 0 Å². The van der Waals surface area contributed by atoms with Gasteiger partial charge in [0.25, 0.3) is 0 Å². The van der Waals surface area contributed by atoms with Crippen molar-refractivity contribution in [1.29, 1.82) is 0 Å². The minimum atomic E-state index is 0.178. The Morgan fingerprint density at radius 3 is 2.47 bits per heavy atom. The van der Waals surface area contributed by atoms with Crippen molar-refractivity contribution < 1.29 is 0 Å². The van der Waals surface area contributed by atoms with E-state index in [1.54, 1.807) is 0 Å². The van der Waals surface area contributed by atoms with Gasteiger partial charge in [-0.25, -0.2) is 0 Å². The van der Waals surface area contributed by atoms with Crippen molar-refractivity contribution in [1.82, 2.24) is 0 Å². The first-order chi connectivity index (χ1) is 8.87. The van der Waals surface area contributed by atoms with Gasteiger partial charge >= 0.3 is 0 Å². The Morgan fingerprint density at radius 1 is 1.32 bits per heavy atom. The molecule has 2 N–H and O–H groups in total. The standard InChI is InChI=1S/C16H25ClN2/c1-12(18)10-13-4-5-15(14(17)11-13)19-8-6-16(2,3)7-9-19/h4-5,11-12H,6-10,18H2,1-3H3. The maximum atomic E-state index is 6.43. The van der Waals surface area contributed by atoms with Crippen molar-refractivity contribution in [3.05, 3.63) is 28.8 Å². The third kappa shape index (κ3) is 3.87. The summed E-state index contributed by atoms with van der Waals surface area (Å²) in [6.07, 6.45) is 3.34. The molecule has 2 nitrogen and oxygen atoms in total. The summed E-state index contributed by atoms with van der Waals surface area (Å²) in [5, 5.41) is 0.859. The van der Waals surface area contributed by atoms with Crippen molar-refractivity contribution in [2.24, 2.45) is 11.1 Å². The topological polar surface area (TPSA) is 29.3 Å². The number of benzene rings is 1. The van der Waals surface area contributed by atoms with Crippen molar-refractivity contribution in [3.8, 4) is 0 Å². The number of piperidine rings is 1. The maximum absolute atomic E-state index is 6.43. The summed E-state index contributed by atoms with van der Waals surface area (Å²) < 4.78 is 0. The Kier molecular flexibility index (Phi) is 4.42. The highest BCUT2D eigenvalue weighted by Crippen LogP contribution is 2.35. The first kappa shape index (κ1) is 14.7. The van der Waals surface area contributed by atoms with Gasteiger partial charge < -0.3 is 10.6 Å². The van der Waals surface area contributed by atoms with Crippen molar-refractivity contribution in [3.63, 3.8) is 0 Å². The molecule has 0 saturated carbocycles. The molecule has 1 atom stereocenters. The number of anilines is 1. The molecular weight excluding hydrogens is 256 g/mol. The van der Waals surface area contributed by atoms with Gasteiger partial charge in [0.05, 0.1) is 10.7 Å². The summed E-state index contributed by atoms with van der Waals surface area (Å²) in [5.74, 6) is 0. The van der Waals surface area contributed by atoms with Crippen LogP contribution in [-0.2, 0) is 6.42 Å². The van der Waals surface area contributed by atoms with Gasteiger partial charge in [0.15, 0.2) is 0 Å². The fourth-order valence-corrected chi connectivity index (χ4v) is 2.98. The number of nitrogens with zero attached hydrogens (tertiary/aromatic N) is 1. The van der Waals surface area contributed by atoms with Crippen molar-refractivity contribution in [2.45, 2.75) is 46.1 Å². The van der Waals surface area contributed by atoms with Crippen LogP contribution in [0, 0.1) is 5.41 Å². The molecule has 1 saturated heterocycles. The normalized spacial score (nSPS) is 20.4. The average molecular weight is 281 g/mol. The van der Waals surface area contributed by atoms with Crippen molar-refractivity contribution >= 4 is 17.3 Å². The van der Waals surface area contributed by atoms with Crippen LogP contribution in [0.1, 0.15) is 39.2 Å². The zero-order valence-corrected chi connectivity index (χ0v) is 13.0. The number of nitrogens with two attached hydrogens (primary N) is 1. The highest BCUT2D eigenvalue weighted by Gasteiger charge is 2.26. The first-order valence-corrected chi connectivity index (χ1v) is 7.54. The molecule has 1 aliphatic heterocycles. The van der Waals surface area contributed by atoms with E-state index in [0.29, 0.717) is 5.41 Å². The van der Waals surface area contributed by atoms with E-state index in [9.17, 15) is 0 Å². The van der Waals surface area contributed by atoms with E-state index in [-0.39, 0.29) is 6.04 Å². The zero-order chi connectivity index (χ0) is 14.0. The molecule has 1 heterocycles. The number of halogens is 1. The van der Waals surface area contributed by atoms with Crippen LogP contribution in [0.5, 0.6) is 0 Å². The minimum Gasteiger partial charge on any atom is -0.370 e. The molecule has 3 heteroatoms. The van der Waals surface area contributed by atoms with Gasteiger partial charge in [-0.1, -0.05) is 31.5 Å². The molecule has 1 unspecified atom stereocenters. The monoisotopic (exact) mass is 280 g/mol. The molecule has 1 aliphatic rings. The van der Waals surface area contributed by atoms with Crippen LogP contribution in [-0.4, -0.2) is 19.1 Å². The largest absolute Gasteiger partial charge is 0.370 e. The fourth-order valence-electron chi connectivity index (χ4n) is 2.66. The lowest BCUT2D eigenvalue weighted by atomic mass is 9.82. The molecule has 0 bridgehead atoms. The summed E-state index contributed by atoms with van der Waals surface area (Å²) in [4.78, 5) is 2.41. The molecule has 19 heavy (non-hydrogen) atoms. The van der Waals surface area contributed by atoms with E-state index in [1.165, 1.54) is 24.1 Å². The Bertz CT molecular complexity index is 430. The van der Waals surface area contributed by atoms with Crippen LogP contribution in [0.2, 0.25) is 5.02 Å². The summed E-state index contributed by atoms with van der Waals surface area (Å²) in [6.45, 7) is 8.91. The van der Waals surface area contributed by atoms with Gasteiger partial charge in [0.2, 0.25) is 0 Å². The second kappa shape index (κ2) is 5.72. The fraction of sp³-hybridized carbons (Fsp3) is 0.625. The van der Waals surface area contributed by atoms with Crippen molar-refractivity contribution in [2.75, 3.05) is 18.0 Å². The Hall–Kier alpha value is -0.730. The molecular formula is C16H25ClN2. The van der Waals surface area contributed by atoms with Crippen LogP contribution < -0.4 is 10.6 Å². The SMILES string of the molecule is CC(N)Cc1ccc(N2CCC(C)(C)CC2)c(Cl)c1. The molecule has 106 valence electrons. The summed E-state index contributed by atoms with van der Waals surface area (Å²) in [7, 11) is 0. The molecule has 0 spiro atoms. The lowest BCUT2D eigenvalue weighted by molar-refractivity contribution is 0.280. The molecule has 0 aliphatic carbocycles. The second-order valence-corrected chi connectivity index (χ2v) is 7.03. The minimum absolute atomic E-state index is 0.178. The molecule has 1 fully saturated rings. The van der Waals surface area contributed by atoms with Crippen LogP contribution in [0.4, 0.5) is 5.69 Å². The highest BCUT2D eigenvalue weighted by atomic mass is 35.5. The van der Waals surface area contributed by atoms with E-state index < -0.39 is 0 Å². The molecule has 0 amide bonds. The summed E-state index contributed by atoms with van der Waals surface area (Å²) in [5.41, 5.74) is 8.70. The predicted molar refractivity (Wildman–Crippen MR) is 84.0 cm³/mol. The maximum Gasteiger partial charge on any atom is 0.0642 e. The lowest BCUT2D eigenvalue weighted by Gasteiger charge is -2.38. The van der Waals surface area contributed by atoms with E-state index in [4.69, 9.17) is 17.3 Å². The van der Waals surface area contributed by atoms with E-state index >= 15 is 0 Å². The van der Waals surface area contributed by atoms with E-state index in [1.807, 2.05) is 6.92 Å². The van der Waals surface area contributed by atoms with Gasteiger partial charge in [0, 0.05) is 19.1 Å². The van der Waals surface area contributed by atoms with Gasteiger partial charge in [-0.05, 0) is 49.3 Å². The van der Waals surface area contributed by atoms with Crippen LogP contribution in [0.15, 0.2) is 18.2 Å². The first-order valence-electron chi connectivity index (χ1n) is 7.16. The lowest BCUT2D eigenvalue weighted by Crippen LogP contribution is -2.37. The van der Waals surface area contributed by atoms with E-state index in [2.05, 4.69) is 36.9 Å². The molecule has 0 aromatic heterocycles. The average Bonchev–Trinajstić information content (AvgIpc) is 2.29. The summed E-state index contributed by atoms with van der Waals surface area (Å²) in [6, 6.07) is 6.56. The Morgan fingerprint density at radius 2 is 1.95 bits per heavy atom. The number of hydrogen-bond acceptors (Lipinski definition) is 2. The van der Waals surface area contributed by atoms with Crippen LogP contribution in [0.25, 0.3) is 0 Å². The van der Waals surface area contributed by atoms with Crippen LogP contribution in [0.3, 0.4) is 0 Å². The second-order valence-electron chi connectivity index (χ2n) is 6.62. The third-order valence-corrected chi connectivity index (χ3v) is 4.33. The third-order valence-electron chi connectivity index (χ3n) is 4.03. The highest BCUT2D eigenvalue weighted by molar-refractivity contribution is 6.33. The smallest absolute Gasteiger partial charge is 0.0642 e. The molecule has 0 radical (unpaired) electrons. The van der Waals surface area contributed by atoms with Crippen LogP contribution >= 0.6 is 11.6 Å². The molecule has 1 aromatic carbocycles. The van der Waals surface area contributed by atoms with Gasteiger partial charge in [-0.15, -0.1) is 0 Å².